The number of amides is 2. The van der Waals surface area contributed by atoms with Crippen molar-refractivity contribution < 1.29 is 14.7 Å². The van der Waals surface area contributed by atoms with E-state index >= 15 is 0 Å². The van der Waals surface area contributed by atoms with Crippen molar-refractivity contribution in [2.24, 2.45) is 0 Å². The zero-order valence-electron chi connectivity index (χ0n) is 13.1. The van der Waals surface area contributed by atoms with E-state index in [1.165, 1.54) is 4.90 Å². The summed E-state index contributed by atoms with van der Waals surface area (Å²) in [6, 6.07) is 10.8. The van der Waals surface area contributed by atoms with Crippen LogP contribution in [0.4, 0.5) is 11.4 Å². The molecule has 5 nitrogen and oxygen atoms in total. The average molecular weight is 387 g/mol. The minimum atomic E-state index is -1.92. The molecule has 0 bridgehead atoms. The molecular formula is C18H15BrN2O3. The van der Waals surface area contributed by atoms with Gasteiger partial charge in [0.2, 0.25) is 5.91 Å². The molecule has 2 N–H and O–H groups in total. The monoisotopic (exact) mass is 386 g/mol. The first-order valence-electron chi connectivity index (χ1n) is 7.56. The van der Waals surface area contributed by atoms with Crippen LogP contribution in [-0.4, -0.2) is 24.0 Å². The molecular weight excluding hydrogens is 372 g/mol. The Hall–Kier alpha value is -2.18. The van der Waals surface area contributed by atoms with E-state index in [4.69, 9.17) is 0 Å². The van der Waals surface area contributed by atoms with Crippen LogP contribution < -0.4 is 10.2 Å². The lowest BCUT2D eigenvalue weighted by Gasteiger charge is -2.27. The van der Waals surface area contributed by atoms with E-state index in [-0.39, 0.29) is 5.91 Å². The molecule has 24 heavy (non-hydrogen) atoms. The number of halogens is 1. The van der Waals surface area contributed by atoms with Crippen LogP contribution in [0.25, 0.3) is 0 Å². The predicted octanol–water partition coefficient (Wildman–Crippen LogP) is 2.66. The summed E-state index contributed by atoms with van der Waals surface area (Å²) in [7, 11) is 1.61. The number of para-hydroxylation sites is 1. The van der Waals surface area contributed by atoms with Crippen molar-refractivity contribution in [2.45, 2.75) is 18.4 Å². The molecule has 2 amide bonds. The van der Waals surface area contributed by atoms with Crippen LogP contribution in [0.1, 0.15) is 22.6 Å². The molecule has 2 aliphatic rings. The summed E-state index contributed by atoms with van der Waals surface area (Å²) in [6.45, 7) is 1.89. The Morgan fingerprint density at radius 1 is 1.25 bits per heavy atom. The van der Waals surface area contributed by atoms with Gasteiger partial charge in [0.15, 0.2) is 5.60 Å². The van der Waals surface area contributed by atoms with Crippen molar-refractivity contribution in [3.63, 3.8) is 0 Å². The third-order valence-corrected chi connectivity index (χ3v) is 5.40. The van der Waals surface area contributed by atoms with Gasteiger partial charge < -0.3 is 15.3 Å². The molecule has 122 valence electrons. The Labute approximate surface area is 147 Å². The lowest BCUT2D eigenvalue weighted by atomic mass is 9.78. The molecule has 0 unspecified atom stereocenters. The van der Waals surface area contributed by atoms with Gasteiger partial charge >= 0.3 is 0 Å². The summed E-state index contributed by atoms with van der Waals surface area (Å²) in [6.07, 6.45) is 0. The summed E-state index contributed by atoms with van der Waals surface area (Å²) in [5.41, 5.74) is 1.31. The first-order valence-corrected chi connectivity index (χ1v) is 8.36. The molecule has 0 saturated carbocycles. The molecule has 2 aromatic rings. The lowest BCUT2D eigenvalue weighted by molar-refractivity contribution is -0.143. The van der Waals surface area contributed by atoms with Gasteiger partial charge in [0.25, 0.3) is 5.91 Å². The maximum atomic E-state index is 13.0. The van der Waals surface area contributed by atoms with Gasteiger partial charge in [-0.1, -0.05) is 24.3 Å². The number of fused-ring (bicyclic) bond motifs is 2. The number of anilines is 2. The Balaban J connectivity index is 2.00. The largest absolute Gasteiger partial charge is 0.374 e. The molecule has 2 aliphatic heterocycles. The SMILES string of the molecule is Cc1cc(Br)c2c(c1)[C@](O)([C@@H]1C(=O)Nc3ccccc31)C(=O)N2C. The molecule has 0 radical (unpaired) electrons. The number of rotatable bonds is 1. The zero-order chi connectivity index (χ0) is 17.2. The number of hydrogen-bond donors (Lipinski definition) is 2. The van der Waals surface area contributed by atoms with Gasteiger partial charge in [-0.2, -0.15) is 0 Å². The van der Waals surface area contributed by atoms with Gasteiger partial charge in [0, 0.05) is 22.8 Å². The number of nitrogens with zero attached hydrogens (tertiary/aromatic N) is 1. The van der Waals surface area contributed by atoms with Crippen molar-refractivity contribution in [3.8, 4) is 0 Å². The molecule has 4 rings (SSSR count). The minimum Gasteiger partial charge on any atom is -0.374 e. The second-order valence-corrected chi connectivity index (χ2v) is 7.14. The highest BCUT2D eigenvalue weighted by molar-refractivity contribution is 9.10. The molecule has 0 spiro atoms. The van der Waals surface area contributed by atoms with Crippen molar-refractivity contribution >= 4 is 39.1 Å². The van der Waals surface area contributed by atoms with Crippen molar-refractivity contribution in [1.29, 1.82) is 0 Å². The Morgan fingerprint density at radius 2 is 1.96 bits per heavy atom. The zero-order valence-corrected chi connectivity index (χ0v) is 14.7. The smallest absolute Gasteiger partial charge is 0.264 e. The highest BCUT2D eigenvalue weighted by Crippen LogP contribution is 2.53. The van der Waals surface area contributed by atoms with E-state index in [1.807, 2.05) is 19.1 Å². The molecule has 0 fully saturated rings. The summed E-state index contributed by atoms with van der Waals surface area (Å²) >= 11 is 3.47. The lowest BCUT2D eigenvalue weighted by Crippen LogP contribution is -2.45. The number of hydrogen-bond acceptors (Lipinski definition) is 3. The number of carbonyl (C=O) groups excluding carboxylic acids is 2. The standard InChI is InChI=1S/C18H15BrN2O3/c1-9-7-11-15(12(19)8-9)21(2)17(23)18(11,24)14-10-5-3-4-6-13(10)20-16(14)22/h3-8,14,24H,1-2H3,(H,20,22)/t14-,18-/m0/s1. The second kappa shape index (κ2) is 4.91. The number of nitrogens with one attached hydrogen (secondary N) is 1. The third kappa shape index (κ3) is 1.78. The Kier molecular flexibility index (Phi) is 3.14. The quantitative estimate of drug-likeness (QED) is 0.791. The fraction of sp³-hybridized carbons (Fsp3) is 0.222. The fourth-order valence-electron chi connectivity index (χ4n) is 3.74. The van der Waals surface area contributed by atoms with Crippen molar-refractivity contribution in [2.75, 3.05) is 17.3 Å². The van der Waals surface area contributed by atoms with Crippen molar-refractivity contribution in [3.05, 3.63) is 57.6 Å². The van der Waals surface area contributed by atoms with Gasteiger partial charge in [-0.3, -0.25) is 9.59 Å². The Morgan fingerprint density at radius 3 is 2.71 bits per heavy atom. The van der Waals surface area contributed by atoms with Crippen LogP contribution in [-0.2, 0) is 15.2 Å². The van der Waals surface area contributed by atoms with Crippen molar-refractivity contribution in [1.82, 2.24) is 0 Å². The van der Waals surface area contributed by atoms with Crippen LogP contribution in [0, 0.1) is 6.92 Å². The molecule has 0 saturated heterocycles. The second-order valence-electron chi connectivity index (χ2n) is 6.28. The van der Waals surface area contributed by atoms with Gasteiger partial charge in [-0.15, -0.1) is 0 Å². The maximum Gasteiger partial charge on any atom is 0.264 e. The van der Waals surface area contributed by atoms with Crippen LogP contribution in [0.2, 0.25) is 0 Å². The molecule has 6 heteroatoms. The third-order valence-electron chi connectivity index (χ3n) is 4.79. The van der Waals surface area contributed by atoms with Crippen LogP contribution in [0.15, 0.2) is 40.9 Å². The van der Waals surface area contributed by atoms with E-state index in [0.717, 1.165) is 10.0 Å². The van der Waals surface area contributed by atoms with E-state index in [2.05, 4.69) is 21.2 Å². The topological polar surface area (TPSA) is 69.6 Å². The van der Waals surface area contributed by atoms with Gasteiger partial charge in [0.1, 0.15) is 5.92 Å². The fourth-order valence-corrected chi connectivity index (χ4v) is 4.58. The summed E-state index contributed by atoms with van der Waals surface area (Å²) in [4.78, 5) is 27.0. The first-order chi connectivity index (χ1) is 11.4. The summed E-state index contributed by atoms with van der Waals surface area (Å²) < 4.78 is 0.718. The number of aryl methyl sites for hydroxylation is 1. The predicted molar refractivity (Wildman–Crippen MR) is 94.0 cm³/mol. The highest BCUT2D eigenvalue weighted by atomic mass is 79.9. The van der Waals surface area contributed by atoms with Gasteiger partial charge in [-0.05, 0) is 46.1 Å². The van der Waals surface area contributed by atoms with E-state index in [1.54, 1.807) is 31.3 Å². The van der Waals surface area contributed by atoms with E-state index in [9.17, 15) is 14.7 Å². The summed E-state index contributed by atoms with van der Waals surface area (Å²) in [5.74, 6) is -1.84. The number of carbonyl (C=O) groups is 2. The number of likely N-dealkylation sites (N-methyl/N-ethyl adjacent to an activating group) is 1. The highest BCUT2D eigenvalue weighted by Gasteiger charge is 2.59. The number of benzene rings is 2. The van der Waals surface area contributed by atoms with Crippen LogP contribution in [0.3, 0.4) is 0 Å². The van der Waals surface area contributed by atoms with Crippen LogP contribution in [0.5, 0.6) is 0 Å². The minimum absolute atomic E-state index is 0.370. The first kappa shape index (κ1) is 15.4. The van der Waals surface area contributed by atoms with E-state index < -0.39 is 17.4 Å². The maximum absolute atomic E-state index is 13.0. The molecule has 2 aromatic carbocycles. The molecule has 0 aliphatic carbocycles. The summed E-state index contributed by atoms with van der Waals surface area (Å²) in [5, 5.41) is 14.2. The Bertz CT molecular complexity index is 911. The molecule has 2 atom stereocenters. The van der Waals surface area contributed by atoms with Crippen LogP contribution >= 0.6 is 15.9 Å². The molecule has 2 heterocycles. The normalized spacial score (nSPS) is 24.8. The number of aliphatic hydroxyl groups is 1. The average Bonchev–Trinajstić information content (AvgIpc) is 2.96. The van der Waals surface area contributed by atoms with Gasteiger partial charge in [-0.25, -0.2) is 0 Å². The van der Waals surface area contributed by atoms with E-state index in [0.29, 0.717) is 22.5 Å². The molecule has 0 aromatic heterocycles. The van der Waals surface area contributed by atoms with Gasteiger partial charge in [0.05, 0.1) is 5.69 Å².